The highest BCUT2D eigenvalue weighted by molar-refractivity contribution is 6.32. The van der Waals surface area contributed by atoms with Crippen LogP contribution in [-0.4, -0.2) is 5.91 Å². The van der Waals surface area contributed by atoms with Crippen LogP contribution in [0.15, 0.2) is 36.4 Å². The minimum absolute atomic E-state index is 0.0431. The third-order valence-electron chi connectivity index (χ3n) is 3.19. The summed E-state index contributed by atoms with van der Waals surface area (Å²) in [4.78, 5) is 11.3. The molecule has 2 aromatic carbocycles. The van der Waals surface area contributed by atoms with E-state index in [2.05, 4.69) is 5.32 Å². The van der Waals surface area contributed by atoms with E-state index in [4.69, 9.17) is 22.1 Å². The Morgan fingerprint density at radius 2 is 2.05 bits per heavy atom. The Morgan fingerprint density at radius 1 is 1.20 bits per heavy atom. The van der Waals surface area contributed by atoms with Crippen LogP contribution in [-0.2, 0) is 11.2 Å². The topological polar surface area (TPSA) is 64.3 Å². The minimum Gasteiger partial charge on any atom is -0.454 e. The smallest absolute Gasteiger partial charge is 0.224 e. The lowest BCUT2D eigenvalue weighted by Gasteiger charge is -2.18. The lowest BCUT2D eigenvalue weighted by Crippen LogP contribution is -2.18. The molecule has 0 spiro atoms. The molecule has 102 valence electrons. The van der Waals surface area contributed by atoms with E-state index in [1.54, 1.807) is 24.3 Å². The second kappa shape index (κ2) is 5.06. The predicted octanol–water partition coefficient (Wildman–Crippen LogP) is 3.60. The number of para-hydroxylation sites is 1. The zero-order valence-corrected chi connectivity index (χ0v) is 11.4. The number of nitrogen functional groups attached to an aromatic ring is 1. The van der Waals surface area contributed by atoms with E-state index in [9.17, 15) is 4.79 Å². The second-order valence-electron chi connectivity index (χ2n) is 4.63. The van der Waals surface area contributed by atoms with Crippen molar-refractivity contribution in [3.05, 3.63) is 47.0 Å². The third-order valence-corrected chi connectivity index (χ3v) is 3.49. The fourth-order valence-electron chi connectivity index (χ4n) is 2.17. The number of nitrogens with one attached hydrogen (secondary N) is 1. The maximum absolute atomic E-state index is 11.3. The van der Waals surface area contributed by atoms with Crippen molar-refractivity contribution >= 4 is 28.9 Å². The van der Waals surface area contributed by atoms with Crippen LogP contribution >= 0.6 is 11.6 Å². The maximum Gasteiger partial charge on any atom is 0.224 e. The van der Waals surface area contributed by atoms with Crippen LogP contribution in [0.2, 0.25) is 5.02 Å². The fourth-order valence-corrected chi connectivity index (χ4v) is 2.39. The van der Waals surface area contributed by atoms with Gasteiger partial charge in [-0.05, 0) is 42.3 Å². The van der Waals surface area contributed by atoms with Gasteiger partial charge in [0.2, 0.25) is 5.91 Å². The number of aryl methyl sites for hydroxylation is 1. The van der Waals surface area contributed by atoms with Crippen molar-refractivity contribution in [2.24, 2.45) is 0 Å². The first-order valence-electron chi connectivity index (χ1n) is 6.28. The van der Waals surface area contributed by atoms with E-state index in [0.717, 1.165) is 11.3 Å². The molecule has 0 bridgehead atoms. The number of rotatable bonds is 2. The molecule has 0 saturated heterocycles. The molecule has 0 unspecified atom stereocenters. The molecule has 3 N–H and O–H groups in total. The first-order chi connectivity index (χ1) is 9.63. The van der Waals surface area contributed by atoms with E-state index >= 15 is 0 Å². The average Bonchev–Trinajstić information content (AvgIpc) is 2.43. The number of carbonyl (C=O) groups is 1. The Morgan fingerprint density at radius 3 is 2.85 bits per heavy atom. The molecule has 1 amide bonds. The normalized spacial score (nSPS) is 13.6. The first-order valence-corrected chi connectivity index (χ1v) is 6.66. The fraction of sp³-hybridized carbons (Fsp3) is 0.133. The molecule has 1 aliphatic rings. The number of carbonyl (C=O) groups excluding carboxylic acids is 1. The molecule has 5 heteroatoms. The summed E-state index contributed by atoms with van der Waals surface area (Å²) >= 11 is 6.08. The van der Waals surface area contributed by atoms with Crippen LogP contribution < -0.4 is 15.8 Å². The summed E-state index contributed by atoms with van der Waals surface area (Å²) < 4.78 is 5.76. The number of fused-ring (bicyclic) bond motifs is 1. The highest BCUT2D eigenvalue weighted by atomic mass is 35.5. The van der Waals surface area contributed by atoms with Crippen molar-refractivity contribution in [3.8, 4) is 11.5 Å². The Kier molecular flexibility index (Phi) is 3.24. The van der Waals surface area contributed by atoms with Gasteiger partial charge in [0, 0.05) is 12.1 Å². The minimum atomic E-state index is 0.0431. The summed E-state index contributed by atoms with van der Waals surface area (Å²) in [5.74, 6) is 1.15. The van der Waals surface area contributed by atoms with Gasteiger partial charge in [0.1, 0.15) is 5.75 Å². The number of hydrogen-bond acceptors (Lipinski definition) is 3. The van der Waals surface area contributed by atoms with Gasteiger partial charge in [-0.25, -0.2) is 0 Å². The van der Waals surface area contributed by atoms with Gasteiger partial charge in [-0.2, -0.15) is 0 Å². The number of benzene rings is 2. The quantitative estimate of drug-likeness (QED) is 0.830. The van der Waals surface area contributed by atoms with Crippen molar-refractivity contribution in [2.45, 2.75) is 12.8 Å². The van der Waals surface area contributed by atoms with Crippen molar-refractivity contribution < 1.29 is 9.53 Å². The molecule has 2 aromatic rings. The summed E-state index contributed by atoms with van der Waals surface area (Å²) in [6, 6.07) is 10.7. The Bertz CT molecular complexity index is 665. The van der Waals surface area contributed by atoms with Gasteiger partial charge in [-0.15, -0.1) is 0 Å². The molecular weight excluding hydrogens is 276 g/mol. The summed E-state index contributed by atoms with van der Waals surface area (Å²) in [5.41, 5.74) is 8.23. The van der Waals surface area contributed by atoms with Crippen LogP contribution in [0.3, 0.4) is 0 Å². The largest absolute Gasteiger partial charge is 0.454 e. The van der Waals surface area contributed by atoms with E-state index in [1.807, 2.05) is 12.1 Å². The molecule has 0 saturated carbocycles. The zero-order chi connectivity index (χ0) is 14.1. The average molecular weight is 289 g/mol. The third kappa shape index (κ3) is 2.42. The standard InChI is InChI=1S/C15H13ClN2O2/c16-11-2-1-3-12(17)15(11)20-10-5-6-13-9(8-10)4-7-14(19)18-13/h1-3,5-6,8H,4,7,17H2,(H,18,19). The molecule has 1 heterocycles. The van der Waals surface area contributed by atoms with Gasteiger partial charge >= 0.3 is 0 Å². The number of amides is 1. The Labute approximate surface area is 121 Å². The van der Waals surface area contributed by atoms with Crippen molar-refractivity contribution in [3.63, 3.8) is 0 Å². The van der Waals surface area contributed by atoms with E-state index in [0.29, 0.717) is 35.1 Å². The summed E-state index contributed by atoms with van der Waals surface area (Å²) in [6.45, 7) is 0. The van der Waals surface area contributed by atoms with Gasteiger partial charge in [0.15, 0.2) is 5.75 Å². The lowest BCUT2D eigenvalue weighted by atomic mass is 10.0. The zero-order valence-electron chi connectivity index (χ0n) is 10.7. The van der Waals surface area contributed by atoms with Gasteiger partial charge in [-0.1, -0.05) is 17.7 Å². The van der Waals surface area contributed by atoms with E-state index < -0.39 is 0 Å². The Balaban J connectivity index is 1.91. The lowest BCUT2D eigenvalue weighted by molar-refractivity contribution is -0.116. The van der Waals surface area contributed by atoms with Gasteiger partial charge in [-0.3, -0.25) is 4.79 Å². The summed E-state index contributed by atoms with van der Waals surface area (Å²) in [7, 11) is 0. The van der Waals surface area contributed by atoms with Gasteiger partial charge < -0.3 is 15.8 Å². The molecule has 0 fully saturated rings. The number of halogens is 1. The Hall–Kier alpha value is -2.20. The molecule has 0 aromatic heterocycles. The highest BCUT2D eigenvalue weighted by Crippen LogP contribution is 2.36. The molecule has 1 aliphatic heterocycles. The van der Waals surface area contributed by atoms with Crippen molar-refractivity contribution in [2.75, 3.05) is 11.1 Å². The van der Waals surface area contributed by atoms with Crippen molar-refractivity contribution in [1.29, 1.82) is 0 Å². The van der Waals surface area contributed by atoms with E-state index in [-0.39, 0.29) is 5.91 Å². The SMILES string of the molecule is Nc1cccc(Cl)c1Oc1ccc2c(c1)CCC(=O)N2. The molecule has 20 heavy (non-hydrogen) atoms. The molecule has 0 atom stereocenters. The molecule has 0 aliphatic carbocycles. The molecular formula is C15H13ClN2O2. The first kappa shape index (κ1) is 12.8. The molecule has 0 radical (unpaired) electrons. The molecule has 4 nitrogen and oxygen atoms in total. The maximum atomic E-state index is 11.3. The van der Waals surface area contributed by atoms with Crippen LogP contribution in [0.5, 0.6) is 11.5 Å². The number of anilines is 2. The monoisotopic (exact) mass is 288 g/mol. The number of hydrogen-bond donors (Lipinski definition) is 2. The van der Waals surface area contributed by atoms with E-state index in [1.165, 1.54) is 0 Å². The van der Waals surface area contributed by atoms with Crippen LogP contribution in [0.25, 0.3) is 0 Å². The predicted molar refractivity (Wildman–Crippen MR) is 79.3 cm³/mol. The highest BCUT2D eigenvalue weighted by Gasteiger charge is 2.16. The number of nitrogens with two attached hydrogens (primary N) is 1. The van der Waals surface area contributed by atoms with Crippen LogP contribution in [0.4, 0.5) is 11.4 Å². The van der Waals surface area contributed by atoms with Gasteiger partial charge in [0.25, 0.3) is 0 Å². The van der Waals surface area contributed by atoms with Crippen molar-refractivity contribution in [1.82, 2.24) is 0 Å². The summed E-state index contributed by atoms with van der Waals surface area (Å²) in [5, 5.41) is 3.30. The summed E-state index contributed by atoms with van der Waals surface area (Å²) in [6.07, 6.45) is 1.20. The van der Waals surface area contributed by atoms with Crippen LogP contribution in [0.1, 0.15) is 12.0 Å². The number of ether oxygens (including phenoxy) is 1. The second-order valence-corrected chi connectivity index (χ2v) is 5.03. The van der Waals surface area contributed by atoms with Gasteiger partial charge in [0.05, 0.1) is 10.7 Å². The molecule has 3 rings (SSSR count). The van der Waals surface area contributed by atoms with Crippen LogP contribution in [0, 0.1) is 0 Å².